The second-order valence-corrected chi connectivity index (χ2v) is 4.95. The summed E-state index contributed by atoms with van der Waals surface area (Å²) in [5.41, 5.74) is 1.28. The van der Waals surface area contributed by atoms with Gasteiger partial charge in [-0.15, -0.1) is 0 Å². The quantitative estimate of drug-likeness (QED) is 0.864. The van der Waals surface area contributed by atoms with Crippen LogP contribution in [0.15, 0.2) is 28.8 Å². The number of nitrogens with zero attached hydrogens (tertiary/aromatic N) is 2. The first-order valence-corrected chi connectivity index (χ1v) is 6.71. The third-order valence-electron chi connectivity index (χ3n) is 3.21. The zero-order chi connectivity index (χ0) is 14.8. The van der Waals surface area contributed by atoms with Crippen LogP contribution in [-0.2, 0) is 6.54 Å². The predicted octanol–water partition coefficient (Wildman–Crippen LogP) is 2.03. The van der Waals surface area contributed by atoms with Crippen LogP contribution in [0.4, 0.5) is 0 Å². The normalized spacial score (nSPS) is 13.0. The van der Waals surface area contributed by atoms with E-state index in [1.807, 2.05) is 13.0 Å². The molecule has 0 spiro atoms. The summed E-state index contributed by atoms with van der Waals surface area (Å²) in [4.78, 5) is 14.0. The molecule has 21 heavy (non-hydrogen) atoms. The Bertz CT molecular complexity index is 665. The Morgan fingerprint density at radius 2 is 2.00 bits per heavy atom. The largest absolute Gasteiger partial charge is 0.486 e. The zero-order valence-corrected chi connectivity index (χ0v) is 12.0. The van der Waals surface area contributed by atoms with Gasteiger partial charge in [-0.25, -0.2) is 0 Å². The lowest BCUT2D eigenvalue weighted by Crippen LogP contribution is -2.26. The molecule has 0 unspecified atom stereocenters. The fraction of sp³-hybridized carbons (Fsp3) is 0.333. The molecule has 1 amide bonds. The maximum absolute atomic E-state index is 12.4. The van der Waals surface area contributed by atoms with Crippen molar-refractivity contribution in [2.45, 2.75) is 13.5 Å². The number of fused-ring (bicyclic) bond motifs is 1. The second-order valence-electron chi connectivity index (χ2n) is 4.95. The molecule has 1 aliphatic rings. The Labute approximate surface area is 122 Å². The summed E-state index contributed by atoms with van der Waals surface area (Å²) >= 11 is 0. The standard InChI is InChI=1S/C15H16N2O4/c1-10-7-12(16-21-10)9-17(2)15(18)11-3-4-13-14(8-11)20-6-5-19-13/h3-4,7-8H,5-6,9H2,1-2H3. The zero-order valence-electron chi connectivity index (χ0n) is 12.0. The molecule has 0 N–H and O–H groups in total. The lowest BCUT2D eigenvalue weighted by Gasteiger charge is -2.20. The second kappa shape index (κ2) is 5.47. The van der Waals surface area contributed by atoms with Crippen molar-refractivity contribution in [3.05, 3.63) is 41.3 Å². The molecule has 6 heteroatoms. The van der Waals surface area contributed by atoms with Gasteiger partial charge < -0.3 is 18.9 Å². The predicted molar refractivity (Wildman–Crippen MR) is 74.5 cm³/mol. The van der Waals surface area contributed by atoms with Crippen molar-refractivity contribution >= 4 is 5.91 Å². The van der Waals surface area contributed by atoms with Crippen LogP contribution < -0.4 is 9.47 Å². The van der Waals surface area contributed by atoms with Crippen molar-refractivity contribution in [1.29, 1.82) is 0 Å². The first-order chi connectivity index (χ1) is 10.1. The van der Waals surface area contributed by atoms with Crippen LogP contribution in [0, 0.1) is 6.92 Å². The molecule has 0 atom stereocenters. The van der Waals surface area contributed by atoms with Gasteiger partial charge in [0.15, 0.2) is 11.5 Å². The van der Waals surface area contributed by atoms with Crippen molar-refractivity contribution in [3.8, 4) is 11.5 Å². The van der Waals surface area contributed by atoms with Gasteiger partial charge in [0.2, 0.25) is 0 Å². The number of ether oxygens (including phenoxy) is 2. The third kappa shape index (κ3) is 2.84. The minimum atomic E-state index is -0.104. The Hall–Kier alpha value is -2.50. The lowest BCUT2D eigenvalue weighted by molar-refractivity contribution is 0.0781. The molecule has 6 nitrogen and oxygen atoms in total. The Morgan fingerprint density at radius 1 is 1.24 bits per heavy atom. The van der Waals surface area contributed by atoms with Crippen molar-refractivity contribution in [2.24, 2.45) is 0 Å². The molecule has 0 saturated carbocycles. The highest BCUT2D eigenvalue weighted by Gasteiger charge is 2.18. The number of hydrogen-bond donors (Lipinski definition) is 0. The summed E-state index contributed by atoms with van der Waals surface area (Å²) < 4.78 is 15.9. The maximum atomic E-state index is 12.4. The summed E-state index contributed by atoms with van der Waals surface area (Å²) in [6, 6.07) is 7.02. The van der Waals surface area contributed by atoms with Crippen LogP contribution in [0.5, 0.6) is 11.5 Å². The molecule has 2 aromatic rings. The van der Waals surface area contributed by atoms with Crippen LogP contribution in [0.2, 0.25) is 0 Å². The van der Waals surface area contributed by atoms with Gasteiger partial charge in [-0.1, -0.05) is 5.16 Å². The van der Waals surface area contributed by atoms with E-state index in [1.54, 1.807) is 30.1 Å². The number of hydrogen-bond acceptors (Lipinski definition) is 5. The number of aromatic nitrogens is 1. The van der Waals surface area contributed by atoms with E-state index in [1.165, 1.54) is 0 Å². The summed E-state index contributed by atoms with van der Waals surface area (Å²) in [6.45, 7) is 3.24. The summed E-state index contributed by atoms with van der Waals surface area (Å²) in [5, 5.41) is 3.89. The molecule has 1 aliphatic heterocycles. The van der Waals surface area contributed by atoms with Crippen molar-refractivity contribution < 1.29 is 18.8 Å². The SMILES string of the molecule is Cc1cc(CN(C)C(=O)c2ccc3c(c2)OCCO3)no1. The monoisotopic (exact) mass is 288 g/mol. The summed E-state index contributed by atoms with van der Waals surface area (Å²) in [5.74, 6) is 1.91. The van der Waals surface area contributed by atoms with Crippen LogP contribution in [0.1, 0.15) is 21.8 Å². The van der Waals surface area contributed by atoms with Crippen LogP contribution >= 0.6 is 0 Å². The molecule has 1 aromatic carbocycles. The van der Waals surface area contributed by atoms with E-state index in [2.05, 4.69) is 5.16 Å². The number of rotatable bonds is 3. The van der Waals surface area contributed by atoms with E-state index >= 15 is 0 Å². The minimum absolute atomic E-state index is 0.104. The number of carbonyl (C=O) groups excluding carboxylic acids is 1. The van der Waals surface area contributed by atoms with Gasteiger partial charge in [0.25, 0.3) is 5.91 Å². The van der Waals surface area contributed by atoms with Crippen molar-refractivity contribution in [2.75, 3.05) is 20.3 Å². The maximum Gasteiger partial charge on any atom is 0.254 e. The van der Waals surface area contributed by atoms with E-state index in [-0.39, 0.29) is 5.91 Å². The highest BCUT2D eigenvalue weighted by molar-refractivity contribution is 5.94. The minimum Gasteiger partial charge on any atom is -0.486 e. The van der Waals surface area contributed by atoms with E-state index in [9.17, 15) is 4.79 Å². The molecule has 2 heterocycles. The summed E-state index contributed by atoms with van der Waals surface area (Å²) in [6.07, 6.45) is 0. The van der Waals surface area contributed by atoms with Gasteiger partial charge in [0.05, 0.1) is 6.54 Å². The Morgan fingerprint density at radius 3 is 2.71 bits per heavy atom. The fourth-order valence-corrected chi connectivity index (χ4v) is 2.20. The smallest absolute Gasteiger partial charge is 0.254 e. The highest BCUT2D eigenvalue weighted by Crippen LogP contribution is 2.31. The van der Waals surface area contributed by atoms with Crippen LogP contribution in [0.25, 0.3) is 0 Å². The molecule has 0 radical (unpaired) electrons. The first-order valence-electron chi connectivity index (χ1n) is 6.71. The molecule has 3 rings (SSSR count). The van der Waals surface area contributed by atoms with Crippen molar-refractivity contribution in [3.63, 3.8) is 0 Å². The van der Waals surface area contributed by atoms with E-state index < -0.39 is 0 Å². The molecule has 0 bridgehead atoms. The van der Waals surface area contributed by atoms with Crippen molar-refractivity contribution in [1.82, 2.24) is 10.1 Å². The van der Waals surface area contributed by atoms with Gasteiger partial charge in [0, 0.05) is 18.7 Å². The summed E-state index contributed by atoms with van der Waals surface area (Å²) in [7, 11) is 1.73. The highest BCUT2D eigenvalue weighted by atomic mass is 16.6. The molecule has 0 fully saturated rings. The lowest BCUT2D eigenvalue weighted by atomic mass is 10.1. The number of aryl methyl sites for hydroxylation is 1. The topological polar surface area (TPSA) is 64.8 Å². The van der Waals surface area contributed by atoms with Gasteiger partial charge in [-0.2, -0.15) is 0 Å². The van der Waals surface area contributed by atoms with Crippen LogP contribution in [-0.4, -0.2) is 36.2 Å². The van der Waals surface area contributed by atoms with Gasteiger partial charge in [-0.3, -0.25) is 4.79 Å². The van der Waals surface area contributed by atoms with Crippen LogP contribution in [0.3, 0.4) is 0 Å². The molecule has 1 aromatic heterocycles. The van der Waals surface area contributed by atoms with E-state index in [4.69, 9.17) is 14.0 Å². The Balaban J connectivity index is 1.75. The average molecular weight is 288 g/mol. The Kier molecular flexibility index (Phi) is 3.51. The molecular weight excluding hydrogens is 272 g/mol. The number of benzene rings is 1. The number of carbonyl (C=O) groups is 1. The van der Waals surface area contributed by atoms with Gasteiger partial charge in [0.1, 0.15) is 24.7 Å². The van der Waals surface area contributed by atoms with E-state index in [0.717, 1.165) is 11.5 Å². The molecule has 0 saturated heterocycles. The first kappa shape index (κ1) is 13.5. The number of amides is 1. The van der Waals surface area contributed by atoms with E-state index in [0.29, 0.717) is 36.8 Å². The molecular formula is C15H16N2O4. The van der Waals surface area contributed by atoms with Gasteiger partial charge in [-0.05, 0) is 25.1 Å². The van der Waals surface area contributed by atoms with Gasteiger partial charge >= 0.3 is 0 Å². The average Bonchev–Trinajstić information content (AvgIpc) is 2.91. The fourth-order valence-electron chi connectivity index (χ4n) is 2.20. The molecule has 0 aliphatic carbocycles. The third-order valence-corrected chi connectivity index (χ3v) is 3.21. The molecule has 110 valence electrons.